The lowest BCUT2D eigenvalue weighted by atomic mass is 9.97. The van der Waals surface area contributed by atoms with Crippen LogP contribution in [0.15, 0.2) is 4.99 Å². The first kappa shape index (κ1) is 11.3. The summed E-state index contributed by atoms with van der Waals surface area (Å²) in [4.78, 5) is 9.15. The standard InChI is InChI=1S/C12H22N4O/c1-15-5-4-12(9-15)8-14-11(13)16(12)7-10-3-2-6-17-10/h10H,2-9H2,1H3,(H2,13,14). The van der Waals surface area contributed by atoms with Gasteiger partial charge in [-0.1, -0.05) is 0 Å². The quantitative estimate of drug-likeness (QED) is 0.728. The van der Waals surface area contributed by atoms with Crippen LogP contribution >= 0.6 is 0 Å². The molecular weight excluding hydrogens is 216 g/mol. The van der Waals surface area contributed by atoms with Crippen molar-refractivity contribution in [2.24, 2.45) is 10.7 Å². The lowest BCUT2D eigenvalue weighted by Crippen LogP contribution is -2.55. The minimum Gasteiger partial charge on any atom is -0.376 e. The number of guanidine groups is 1. The van der Waals surface area contributed by atoms with Gasteiger partial charge in [0.1, 0.15) is 0 Å². The van der Waals surface area contributed by atoms with Crippen LogP contribution in [0.2, 0.25) is 0 Å². The summed E-state index contributed by atoms with van der Waals surface area (Å²) in [6, 6.07) is 0. The minimum atomic E-state index is 0.158. The van der Waals surface area contributed by atoms with E-state index in [9.17, 15) is 0 Å². The fourth-order valence-electron chi connectivity index (χ4n) is 3.33. The molecule has 3 rings (SSSR count). The molecule has 2 N–H and O–H groups in total. The summed E-state index contributed by atoms with van der Waals surface area (Å²) in [6.07, 6.45) is 3.86. The molecule has 96 valence electrons. The number of nitrogens with two attached hydrogens (primary N) is 1. The van der Waals surface area contributed by atoms with E-state index in [4.69, 9.17) is 10.5 Å². The van der Waals surface area contributed by atoms with Gasteiger partial charge in [-0.05, 0) is 26.3 Å². The van der Waals surface area contributed by atoms with Gasteiger partial charge in [-0.3, -0.25) is 4.99 Å². The number of hydrogen-bond acceptors (Lipinski definition) is 5. The monoisotopic (exact) mass is 238 g/mol. The van der Waals surface area contributed by atoms with Gasteiger partial charge in [-0.25, -0.2) is 0 Å². The highest BCUT2D eigenvalue weighted by Crippen LogP contribution is 2.32. The van der Waals surface area contributed by atoms with Crippen molar-refractivity contribution in [1.29, 1.82) is 0 Å². The van der Waals surface area contributed by atoms with Crippen LogP contribution in [0.4, 0.5) is 0 Å². The highest BCUT2D eigenvalue weighted by atomic mass is 16.5. The highest BCUT2D eigenvalue weighted by molar-refractivity contribution is 5.81. The molecule has 3 aliphatic rings. The van der Waals surface area contributed by atoms with Crippen molar-refractivity contribution in [2.45, 2.75) is 30.9 Å². The van der Waals surface area contributed by atoms with Gasteiger partial charge < -0.3 is 20.3 Å². The van der Waals surface area contributed by atoms with E-state index in [1.165, 1.54) is 12.8 Å². The first-order valence-electron chi connectivity index (χ1n) is 6.57. The maximum Gasteiger partial charge on any atom is 0.192 e. The fraction of sp³-hybridized carbons (Fsp3) is 0.917. The van der Waals surface area contributed by atoms with Crippen LogP contribution in [-0.2, 0) is 4.74 Å². The zero-order valence-corrected chi connectivity index (χ0v) is 10.6. The van der Waals surface area contributed by atoms with Gasteiger partial charge in [0.05, 0.1) is 18.2 Å². The average molecular weight is 238 g/mol. The minimum absolute atomic E-state index is 0.158. The van der Waals surface area contributed by atoms with Crippen molar-refractivity contribution < 1.29 is 4.74 Å². The third-order valence-electron chi connectivity index (χ3n) is 4.32. The van der Waals surface area contributed by atoms with Gasteiger partial charge >= 0.3 is 0 Å². The van der Waals surface area contributed by atoms with Crippen LogP contribution < -0.4 is 5.73 Å². The Kier molecular flexibility index (Phi) is 2.75. The number of likely N-dealkylation sites (tertiary alicyclic amines) is 1. The van der Waals surface area contributed by atoms with Gasteiger partial charge in [0.15, 0.2) is 5.96 Å². The molecule has 5 nitrogen and oxygen atoms in total. The SMILES string of the molecule is CN1CCC2(CN=C(N)N2CC2CCCO2)C1. The third-order valence-corrected chi connectivity index (χ3v) is 4.32. The molecular formula is C12H22N4O. The van der Waals surface area contributed by atoms with Crippen molar-refractivity contribution in [3.05, 3.63) is 0 Å². The van der Waals surface area contributed by atoms with Gasteiger partial charge in [-0.2, -0.15) is 0 Å². The molecule has 17 heavy (non-hydrogen) atoms. The fourth-order valence-corrected chi connectivity index (χ4v) is 3.33. The first-order chi connectivity index (χ1) is 8.20. The van der Waals surface area contributed by atoms with Crippen LogP contribution in [0, 0.1) is 0 Å². The van der Waals surface area contributed by atoms with Gasteiger partial charge in [-0.15, -0.1) is 0 Å². The molecule has 0 aromatic rings. The Morgan fingerprint density at radius 1 is 1.59 bits per heavy atom. The summed E-state index contributed by atoms with van der Waals surface area (Å²) < 4.78 is 5.73. The number of nitrogens with zero attached hydrogens (tertiary/aromatic N) is 3. The molecule has 1 spiro atoms. The van der Waals surface area contributed by atoms with Crippen LogP contribution in [-0.4, -0.2) is 67.2 Å². The second kappa shape index (κ2) is 4.14. The molecule has 0 amide bonds. The van der Waals surface area contributed by atoms with Crippen molar-refractivity contribution in [1.82, 2.24) is 9.80 Å². The summed E-state index contributed by atoms with van der Waals surface area (Å²) in [7, 11) is 2.17. The van der Waals surface area contributed by atoms with Crippen LogP contribution in [0.1, 0.15) is 19.3 Å². The zero-order valence-electron chi connectivity index (χ0n) is 10.6. The maximum absolute atomic E-state index is 6.06. The van der Waals surface area contributed by atoms with Crippen LogP contribution in [0.5, 0.6) is 0 Å². The molecule has 0 radical (unpaired) electrons. The Morgan fingerprint density at radius 3 is 3.12 bits per heavy atom. The van der Waals surface area contributed by atoms with Gasteiger partial charge in [0, 0.05) is 26.2 Å². The molecule has 2 atom stereocenters. The van der Waals surface area contributed by atoms with E-state index < -0.39 is 0 Å². The van der Waals surface area contributed by atoms with E-state index in [2.05, 4.69) is 21.8 Å². The molecule has 2 saturated heterocycles. The predicted octanol–water partition coefficient (Wildman–Crippen LogP) is -0.130. The summed E-state index contributed by atoms with van der Waals surface area (Å²) in [5, 5.41) is 0. The van der Waals surface area contributed by atoms with Crippen LogP contribution in [0.25, 0.3) is 0 Å². The second-order valence-electron chi connectivity index (χ2n) is 5.63. The smallest absolute Gasteiger partial charge is 0.192 e. The summed E-state index contributed by atoms with van der Waals surface area (Å²) >= 11 is 0. The summed E-state index contributed by atoms with van der Waals surface area (Å²) in [6.45, 7) is 4.90. The van der Waals surface area contributed by atoms with Crippen molar-refractivity contribution in [2.75, 3.05) is 39.8 Å². The zero-order chi connectivity index (χ0) is 11.9. The van der Waals surface area contributed by atoms with E-state index in [1.54, 1.807) is 0 Å². The third kappa shape index (κ3) is 1.91. The van der Waals surface area contributed by atoms with Crippen molar-refractivity contribution in [3.63, 3.8) is 0 Å². The van der Waals surface area contributed by atoms with Crippen molar-refractivity contribution in [3.8, 4) is 0 Å². The van der Waals surface area contributed by atoms with Gasteiger partial charge in [0.2, 0.25) is 0 Å². The van der Waals surface area contributed by atoms with Crippen LogP contribution in [0.3, 0.4) is 0 Å². The molecule has 2 unspecified atom stereocenters. The largest absolute Gasteiger partial charge is 0.376 e. The molecule has 3 aliphatic heterocycles. The molecule has 5 heteroatoms. The molecule has 0 aromatic heterocycles. The Balaban J connectivity index is 1.72. The van der Waals surface area contributed by atoms with E-state index >= 15 is 0 Å². The lowest BCUT2D eigenvalue weighted by molar-refractivity contribution is 0.0677. The normalized spacial score (nSPS) is 38.3. The molecule has 0 saturated carbocycles. The number of likely N-dealkylation sites (N-methyl/N-ethyl adjacent to an activating group) is 1. The van der Waals surface area contributed by atoms with E-state index in [-0.39, 0.29) is 5.54 Å². The topological polar surface area (TPSA) is 54.1 Å². The number of ether oxygens (including phenoxy) is 1. The molecule has 0 aliphatic carbocycles. The molecule has 0 aromatic carbocycles. The Labute approximate surface area is 103 Å². The van der Waals surface area contributed by atoms with E-state index in [1.807, 2.05) is 0 Å². The number of aliphatic imine (C=N–C) groups is 1. The molecule has 2 fully saturated rings. The second-order valence-corrected chi connectivity index (χ2v) is 5.63. The molecule has 3 heterocycles. The lowest BCUT2D eigenvalue weighted by Gasteiger charge is -2.37. The maximum atomic E-state index is 6.06. The Bertz CT molecular complexity index is 326. The number of hydrogen-bond donors (Lipinski definition) is 1. The predicted molar refractivity (Wildman–Crippen MR) is 67.0 cm³/mol. The number of rotatable bonds is 2. The Morgan fingerprint density at radius 2 is 2.47 bits per heavy atom. The highest BCUT2D eigenvalue weighted by Gasteiger charge is 2.47. The van der Waals surface area contributed by atoms with Crippen molar-refractivity contribution >= 4 is 5.96 Å². The summed E-state index contributed by atoms with van der Waals surface area (Å²) in [5.74, 6) is 0.718. The molecule has 0 bridgehead atoms. The first-order valence-corrected chi connectivity index (χ1v) is 6.57. The Hall–Kier alpha value is -0.810. The average Bonchev–Trinajstić information content (AvgIpc) is 2.98. The summed E-state index contributed by atoms with van der Waals surface area (Å²) in [5.41, 5.74) is 6.22. The van der Waals surface area contributed by atoms with E-state index in [0.29, 0.717) is 6.10 Å². The van der Waals surface area contributed by atoms with E-state index in [0.717, 1.165) is 45.2 Å². The van der Waals surface area contributed by atoms with Gasteiger partial charge in [0.25, 0.3) is 0 Å².